The molecule has 0 saturated carbocycles. The maximum absolute atomic E-state index is 12.9. The zero-order valence-corrected chi connectivity index (χ0v) is 31.3. The Morgan fingerprint density at radius 3 is 2.40 bits per heavy atom. The number of thioether (sulfide) groups is 1. The van der Waals surface area contributed by atoms with Crippen LogP contribution in [-0.2, 0) is 23.4 Å². The molecule has 3 aromatic carbocycles. The van der Waals surface area contributed by atoms with Gasteiger partial charge in [0.05, 0.1) is 38.0 Å². The first-order chi connectivity index (χ1) is 25.6. The van der Waals surface area contributed by atoms with Crippen LogP contribution in [0.5, 0.6) is 11.5 Å². The van der Waals surface area contributed by atoms with E-state index in [1.165, 1.54) is 10.9 Å². The second kappa shape index (κ2) is 16.6. The normalized spacial score (nSPS) is 19.9. The molecule has 1 fully saturated rings. The van der Waals surface area contributed by atoms with E-state index in [0.717, 1.165) is 16.7 Å². The highest BCUT2D eigenvalue weighted by Crippen LogP contribution is 2.51. The van der Waals surface area contributed by atoms with Crippen LogP contribution in [0.2, 0.25) is 0 Å². The van der Waals surface area contributed by atoms with Gasteiger partial charge in [-0.15, -0.1) is 21.2 Å². The number of aliphatic hydroxyl groups is 1. The lowest BCUT2D eigenvalue weighted by molar-refractivity contribution is -0.118. The van der Waals surface area contributed by atoms with E-state index in [2.05, 4.69) is 38.5 Å². The van der Waals surface area contributed by atoms with Crippen LogP contribution in [0.15, 0.2) is 90.0 Å². The standard InChI is InChI=1S/C37H40N5O9PS/c1-22(2)33(44)40-36-39-32-30(34(45)41-36)38-21-42(32)35-31(51-52(46)47)28(29(20-43)50-35)17-18-53-37(23-9-6-5-7-10-23,24-13-15-26(48-3)16-14-24)25-11-8-12-27(19-25)49-4/h5-16,19,21-22,28-29,31,35,43H,17-18,20H2,1-4H3,(H2-,39,40,41,44,45,46,47)/p+1/t28-,29-,31-,35-,37?/m1/s1. The van der Waals surface area contributed by atoms with Crippen molar-refractivity contribution in [3.63, 3.8) is 0 Å². The predicted octanol–water partition coefficient (Wildman–Crippen LogP) is 5.39. The van der Waals surface area contributed by atoms with E-state index in [-0.39, 0.29) is 28.9 Å². The van der Waals surface area contributed by atoms with Crippen LogP contribution in [0.4, 0.5) is 5.95 Å². The van der Waals surface area contributed by atoms with Crippen molar-refractivity contribution in [2.24, 2.45) is 11.8 Å². The fraction of sp³-hybridized carbons (Fsp3) is 0.351. The highest BCUT2D eigenvalue weighted by Gasteiger charge is 2.51. The number of fused-ring (bicyclic) bond motifs is 1. The molecule has 4 N–H and O–H groups in total. The molecule has 14 nitrogen and oxygen atoms in total. The first-order valence-corrected chi connectivity index (χ1v) is 19.1. The Balaban J connectivity index is 1.38. The minimum atomic E-state index is -3.12. The third kappa shape index (κ3) is 7.86. The summed E-state index contributed by atoms with van der Waals surface area (Å²) in [4.78, 5) is 46.6. The molecule has 0 bridgehead atoms. The number of hydrogen-bond donors (Lipinski definition) is 4. The summed E-state index contributed by atoms with van der Waals surface area (Å²) >= 11 is 1.65. The molecule has 6 atom stereocenters. The van der Waals surface area contributed by atoms with E-state index >= 15 is 0 Å². The smallest absolute Gasteiger partial charge is 0.497 e. The summed E-state index contributed by atoms with van der Waals surface area (Å²) in [6, 6.07) is 25.9. The molecule has 2 unspecified atom stereocenters. The van der Waals surface area contributed by atoms with Crippen molar-refractivity contribution < 1.29 is 38.1 Å². The second-order valence-corrected chi connectivity index (χ2v) is 14.7. The van der Waals surface area contributed by atoms with Crippen LogP contribution in [-0.4, -0.2) is 74.2 Å². The summed E-state index contributed by atoms with van der Waals surface area (Å²) in [6.45, 7) is 2.99. The Morgan fingerprint density at radius 1 is 1.04 bits per heavy atom. The number of imidazole rings is 1. The van der Waals surface area contributed by atoms with E-state index in [1.807, 2.05) is 60.7 Å². The van der Waals surface area contributed by atoms with Crippen molar-refractivity contribution in [3.8, 4) is 11.5 Å². The van der Waals surface area contributed by atoms with E-state index in [0.29, 0.717) is 23.7 Å². The third-order valence-corrected chi connectivity index (χ3v) is 11.3. The van der Waals surface area contributed by atoms with Gasteiger partial charge >= 0.3 is 8.25 Å². The summed E-state index contributed by atoms with van der Waals surface area (Å²) in [7, 11) is 0.124. The number of benzene rings is 3. The number of H-pyrrole nitrogens is 1. The summed E-state index contributed by atoms with van der Waals surface area (Å²) < 4.78 is 36.1. The maximum Gasteiger partial charge on any atom is 0.695 e. The van der Waals surface area contributed by atoms with Gasteiger partial charge in [-0.2, -0.15) is 4.98 Å². The summed E-state index contributed by atoms with van der Waals surface area (Å²) in [5.74, 6) is 0.465. The molecule has 1 saturated heterocycles. The van der Waals surface area contributed by atoms with E-state index in [1.54, 1.807) is 39.8 Å². The Bertz CT molecular complexity index is 2110. The third-order valence-electron chi connectivity index (χ3n) is 9.28. The number of hydrogen-bond acceptors (Lipinski definition) is 11. The van der Waals surface area contributed by atoms with Crippen molar-refractivity contribution in [2.75, 3.05) is 31.9 Å². The fourth-order valence-electron chi connectivity index (χ4n) is 6.64. The summed E-state index contributed by atoms with van der Waals surface area (Å²) in [5, 5.41) is 13.2. The van der Waals surface area contributed by atoms with Gasteiger partial charge in [-0.1, -0.05) is 68.4 Å². The highest BCUT2D eigenvalue weighted by atomic mass is 32.2. The molecule has 3 heterocycles. The molecular weight excluding hydrogens is 721 g/mol. The number of nitrogens with zero attached hydrogens (tertiary/aromatic N) is 3. The van der Waals surface area contributed by atoms with Crippen LogP contribution in [0.3, 0.4) is 0 Å². The maximum atomic E-state index is 12.9. The lowest BCUT2D eigenvalue weighted by atomic mass is 9.84. The van der Waals surface area contributed by atoms with Crippen molar-refractivity contribution in [2.45, 2.75) is 43.5 Å². The molecule has 1 aliphatic heterocycles. The lowest BCUT2D eigenvalue weighted by Crippen LogP contribution is -2.31. The number of carbonyl (C=O) groups is 1. The molecule has 1 amide bonds. The fourth-order valence-corrected chi connectivity index (χ4v) is 8.70. The molecule has 6 rings (SSSR count). The predicted molar refractivity (Wildman–Crippen MR) is 200 cm³/mol. The zero-order chi connectivity index (χ0) is 37.7. The first kappa shape index (κ1) is 38.1. The summed E-state index contributed by atoms with van der Waals surface area (Å²) in [6.07, 6.45) is -1.27. The monoisotopic (exact) mass is 762 g/mol. The number of aliphatic hydroxyl groups excluding tert-OH is 1. The second-order valence-electron chi connectivity index (χ2n) is 12.7. The Morgan fingerprint density at radius 2 is 1.74 bits per heavy atom. The molecule has 2 aromatic heterocycles. The van der Waals surface area contributed by atoms with Gasteiger partial charge in [0.25, 0.3) is 5.56 Å². The molecular formula is C37H41N5O9PS+. The van der Waals surface area contributed by atoms with Crippen molar-refractivity contribution >= 4 is 43.0 Å². The van der Waals surface area contributed by atoms with Crippen molar-refractivity contribution in [3.05, 3.63) is 112 Å². The van der Waals surface area contributed by atoms with Gasteiger partial charge in [-0.05, 0) is 53.1 Å². The number of ether oxygens (including phenoxy) is 3. The quantitative estimate of drug-likeness (QED) is 0.0789. The van der Waals surface area contributed by atoms with E-state index < -0.39 is 49.5 Å². The molecule has 0 spiro atoms. The van der Waals surface area contributed by atoms with E-state index in [4.69, 9.17) is 18.7 Å². The van der Waals surface area contributed by atoms with E-state index in [9.17, 15) is 24.2 Å². The Kier molecular flexibility index (Phi) is 11.9. The van der Waals surface area contributed by atoms with Crippen LogP contribution < -0.4 is 20.3 Å². The minimum Gasteiger partial charge on any atom is -0.497 e. The number of carbonyl (C=O) groups excluding carboxylic acids is 1. The van der Waals surface area contributed by atoms with Crippen molar-refractivity contribution in [1.29, 1.82) is 0 Å². The van der Waals surface area contributed by atoms with Gasteiger partial charge in [0, 0.05) is 16.4 Å². The molecule has 278 valence electrons. The average Bonchev–Trinajstić information content (AvgIpc) is 3.74. The SMILES string of the molecule is COc1ccc(C(SCC[C@H]2[C@@H](O[P+](=O)O)[C@H](n3cnc4c(=O)[nH]c(NC(=O)C(C)C)nc43)O[C@@H]2CO)(c2ccccc2)c2cccc(OC)c2)cc1. The molecule has 0 radical (unpaired) electrons. The Hall–Kier alpha value is -4.63. The van der Waals surface area contributed by atoms with Crippen molar-refractivity contribution in [1.82, 2.24) is 19.5 Å². The van der Waals surface area contributed by atoms with Crippen LogP contribution in [0.1, 0.15) is 43.2 Å². The first-order valence-electron chi connectivity index (χ1n) is 16.9. The molecule has 0 aliphatic carbocycles. The Labute approximate surface area is 310 Å². The van der Waals surface area contributed by atoms with Gasteiger partial charge in [0.1, 0.15) is 11.5 Å². The highest BCUT2D eigenvalue weighted by molar-refractivity contribution is 8.00. The van der Waals surface area contributed by atoms with Crippen LogP contribution >= 0.6 is 20.0 Å². The van der Waals surface area contributed by atoms with Gasteiger partial charge in [0.15, 0.2) is 23.5 Å². The number of rotatable bonds is 15. The molecule has 1 aliphatic rings. The zero-order valence-electron chi connectivity index (χ0n) is 29.5. The lowest BCUT2D eigenvalue weighted by Gasteiger charge is -2.36. The number of methoxy groups -OCH3 is 2. The average molecular weight is 763 g/mol. The van der Waals surface area contributed by atoms with Crippen LogP contribution in [0, 0.1) is 11.8 Å². The molecule has 53 heavy (non-hydrogen) atoms. The largest absolute Gasteiger partial charge is 0.695 e. The van der Waals surface area contributed by atoms with Crippen LogP contribution in [0.25, 0.3) is 11.2 Å². The topological polar surface area (TPSA) is 187 Å². The molecule has 5 aromatic rings. The van der Waals surface area contributed by atoms with Gasteiger partial charge in [-0.25, -0.2) is 4.98 Å². The summed E-state index contributed by atoms with van der Waals surface area (Å²) in [5.41, 5.74) is 2.38. The molecule has 16 heteroatoms. The van der Waals surface area contributed by atoms with Gasteiger partial charge < -0.3 is 19.3 Å². The number of aromatic nitrogens is 4. The number of amides is 1. The number of aromatic amines is 1. The van der Waals surface area contributed by atoms with Gasteiger partial charge in [-0.3, -0.25) is 24.5 Å². The number of anilines is 1. The van der Waals surface area contributed by atoms with Gasteiger partial charge in [0.2, 0.25) is 11.9 Å². The minimum absolute atomic E-state index is 0.0340. The number of nitrogens with one attached hydrogen (secondary N) is 2.